The molecule has 0 fully saturated rings. The van der Waals surface area contributed by atoms with Crippen LogP contribution in [0, 0.1) is 6.92 Å². The van der Waals surface area contributed by atoms with E-state index in [2.05, 4.69) is 15.6 Å². The molecule has 4 nitrogen and oxygen atoms in total. The van der Waals surface area contributed by atoms with E-state index in [1.807, 2.05) is 37.4 Å². The first kappa shape index (κ1) is 14.8. The number of anilines is 2. The van der Waals surface area contributed by atoms with E-state index in [9.17, 15) is 4.79 Å². The van der Waals surface area contributed by atoms with Crippen molar-refractivity contribution in [1.82, 2.24) is 4.98 Å². The predicted molar refractivity (Wildman–Crippen MR) is 84.6 cm³/mol. The molecule has 1 heterocycles. The van der Waals surface area contributed by atoms with Gasteiger partial charge in [-0.2, -0.15) is 0 Å². The van der Waals surface area contributed by atoms with E-state index >= 15 is 0 Å². The highest BCUT2D eigenvalue weighted by Crippen LogP contribution is 2.22. The minimum absolute atomic E-state index is 0.109. The highest BCUT2D eigenvalue weighted by atomic mass is 35.5. The average molecular weight is 310 g/mol. The van der Waals surface area contributed by atoms with Gasteiger partial charge in [-0.15, -0.1) is 11.3 Å². The summed E-state index contributed by atoms with van der Waals surface area (Å²) in [5.41, 5.74) is 1.66. The first-order valence-electron chi connectivity index (χ1n) is 6.34. The molecule has 0 aliphatic carbocycles. The fraction of sp³-hybridized carbons (Fsp3) is 0.286. The van der Waals surface area contributed by atoms with E-state index < -0.39 is 0 Å². The molecule has 0 spiro atoms. The Labute approximate surface area is 127 Å². The van der Waals surface area contributed by atoms with Gasteiger partial charge in [0.1, 0.15) is 6.04 Å². The maximum atomic E-state index is 12.2. The number of nitrogens with one attached hydrogen (secondary N) is 2. The third-order valence-electron chi connectivity index (χ3n) is 2.78. The summed E-state index contributed by atoms with van der Waals surface area (Å²) in [4.78, 5) is 16.4. The molecule has 6 heteroatoms. The van der Waals surface area contributed by atoms with Gasteiger partial charge in [-0.1, -0.05) is 30.7 Å². The fourth-order valence-corrected chi connectivity index (χ4v) is 2.60. The average Bonchev–Trinajstić information content (AvgIpc) is 2.83. The van der Waals surface area contributed by atoms with Gasteiger partial charge in [-0.3, -0.25) is 4.79 Å². The van der Waals surface area contributed by atoms with Crippen molar-refractivity contribution < 1.29 is 4.79 Å². The van der Waals surface area contributed by atoms with Crippen molar-refractivity contribution >= 4 is 39.7 Å². The zero-order valence-corrected chi connectivity index (χ0v) is 12.9. The smallest absolute Gasteiger partial charge is 0.248 e. The van der Waals surface area contributed by atoms with Gasteiger partial charge < -0.3 is 10.6 Å². The van der Waals surface area contributed by atoms with Crippen LogP contribution < -0.4 is 10.6 Å². The minimum Gasteiger partial charge on any atom is -0.372 e. The number of nitrogens with zero attached hydrogens (tertiary/aromatic N) is 1. The Morgan fingerprint density at radius 2 is 2.20 bits per heavy atom. The van der Waals surface area contributed by atoms with Crippen LogP contribution in [-0.2, 0) is 4.79 Å². The summed E-state index contributed by atoms with van der Waals surface area (Å²) in [6, 6.07) is 7.03. The predicted octanol–water partition coefficient (Wildman–Crippen LogP) is 3.93. The number of thiazole rings is 1. The van der Waals surface area contributed by atoms with Crippen LogP contribution in [0.4, 0.5) is 10.8 Å². The molecular weight excluding hydrogens is 294 g/mol. The van der Waals surface area contributed by atoms with Gasteiger partial charge in [-0.05, 0) is 25.5 Å². The number of rotatable bonds is 5. The largest absolute Gasteiger partial charge is 0.372 e. The molecule has 20 heavy (non-hydrogen) atoms. The summed E-state index contributed by atoms with van der Waals surface area (Å²) in [7, 11) is 0. The van der Waals surface area contributed by atoms with Gasteiger partial charge in [0.15, 0.2) is 5.13 Å². The van der Waals surface area contributed by atoms with Crippen molar-refractivity contribution in [2.75, 3.05) is 10.6 Å². The molecule has 0 aliphatic heterocycles. The maximum Gasteiger partial charge on any atom is 0.248 e. The topological polar surface area (TPSA) is 54.0 Å². The molecule has 0 aliphatic rings. The van der Waals surface area contributed by atoms with Gasteiger partial charge in [-0.25, -0.2) is 4.98 Å². The van der Waals surface area contributed by atoms with Crippen LogP contribution >= 0.6 is 22.9 Å². The Balaban J connectivity index is 2.04. The SMILES string of the molecule is CC[C@@H](Nc1ccccc1Cl)C(=O)Nc1nc(C)cs1. The van der Waals surface area contributed by atoms with Crippen LogP contribution in [0.3, 0.4) is 0 Å². The number of hydrogen-bond acceptors (Lipinski definition) is 4. The Hall–Kier alpha value is -1.59. The molecule has 1 atom stereocenters. The van der Waals surface area contributed by atoms with E-state index in [0.29, 0.717) is 16.6 Å². The second kappa shape index (κ2) is 6.72. The maximum absolute atomic E-state index is 12.2. The molecule has 0 radical (unpaired) electrons. The zero-order chi connectivity index (χ0) is 14.5. The second-order valence-corrected chi connectivity index (χ2v) is 5.63. The summed E-state index contributed by atoms with van der Waals surface area (Å²) < 4.78 is 0. The number of carbonyl (C=O) groups is 1. The summed E-state index contributed by atoms with van der Waals surface area (Å²) in [6.45, 7) is 3.84. The van der Waals surface area contributed by atoms with E-state index in [-0.39, 0.29) is 11.9 Å². The highest BCUT2D eigenvalue weighted by Gasteiger charge is 2.18. The molecule has 0 saturated carbocycles. The van der Waals surface area contributed by atoms with Crippen molar-refractivity contribution in [2.24, 2.45) is 0 Å². The molecule has 1 aromatic carbocycles. The minimum atomic E-state index is -0.348. The van der Waals surface area contributed by atoms with E-state index in [4.69, 9.17) is 11.6 Å². The lowest BCUT2D eigenvalue weighted by Gasteiger charge is -2.17. The Kier molecular flexibility index (Phi) is 4.98. The van der Waals surface area contributed by atoms with Crippen molar-refractivity contribution in [1.29, 1.82) is 0 Å². The summed E-state index contributed by atoms with van der Waals surface area (Å²) in [5.74, 6) is -0.109. The number of carbonyl (C=O) groups excluding carboxylic acids is 1. The molecule has 1 amide bonds. The van der Waals surface area contributed by atoms with Crippen LogP contribution in [0.2, 0.25) is 5.02 Å². The molecule has 106 valence electrons. The monoisotopic (exact) mass is 309 g/mol. The third-order valence-corrected chi connectivity index (χ3v) is 3.98. The fourth-order valence-electron chi connectivity index (χ4n) is 1.72. The van der Waals surface area contributed by atoms with Crippen LogP contribution in [-0.4, -0.2) is 16.9 Å². The zero-order valence-electron chi connectivity index (χ0n) is 11.3. The number of benzene rings is 1. The van der Waals surface area contributed by atoms with E-state index in [0.717, 1.165) is 11.4 Å². The number of amides is 1. The van der Waals surface area contributed by atoms with Crippen molar-refractivity contribution in [3.63, 3.8) is 0 Å². The van der Waals surface area contributed by atoms with Crippen LogP contribution in [0.5, 0.6) is 0 Å². The van der Waals surface area contributed by atoms with Crippen LogP contribution in [0.25, 0.3) is 0 Å². The van der Waals surface area contributed by atoms with Gasteiger partial charge in [0, 0.05) is 5.38 Å². The van der Waals surface area contributed by atoms with Crippen LogP contribution in [0.15, 0.2) is 29.6 Å². The number of aromatic nitrogens is 1. The van der Waals surface area contributed by atoms with Crippen molar-refractivity contribution in [3.05, 3.63) is 40.4 Å². The van der Waals surface area contributed by atoms with Crippen molar-refractivity contribution in [2.45, 2.75) is 26.3 Å². The highest BCUT2D eigenvalue weighted by molar-refractivity contribution is 7.13. The lowest BCUT2D eigenvalue weighted by Crippen LogP contribution is -2.34. The van der Waals surface area contributed by atoms with Gasteiger partial charge in [0.25, 0.3) is 0 Å². The molecule has 2 rings (SSSR count). The number of hydrogen-bond donors (Lipinski definition) is 2. The molecule has 2 aromatic rings. The number of halogens is 1. The Morgan fingerprint density at radius 3 is 2.80 bits per heavy atom. The number of aryl methyl sites for hydroxylation is 1. The van der Waals surface area contributed by atoms with E-state index in [1.54, 1.807) is 6.07 Å². The molecule has 0 saturated heterocycles. The first-order chi connectivity index (χ1) is 9.60. The normalized spacial score (nSPS) is 11.9. The Morgan fingerprint density at radius 1 is 1.45 bits per heavy atom. The lowest BCUT2D eigenvalue weighted by molar-refractivity contribution is -0.116. The lowest BCUT2D eigenvalue weighted by atomic mass is 10.2. The third kappa shape index (κ3) is 3.71. The molecule has 0 bridgehead atoms. The van der Waals surface area contributed by atoms with Gasteiger partial charge >= 0.3 is 0 Å². The van der Waals surface area contributed by atoms with Crippen molar-refractivity contribution in [3.8, 4) is 0 Å². The molecule has 1 aromatic heterocycles. The molecule has 0 unspecified atom stereocenters. The quantitative estimate of drug-likeness (QED) is 0.879. The summed E-state index contributed by atoms with van der Waals surface area (Å²) >= 11 is 7.51. The molecule has 2 N–H and O–H groups in total. The number of para-hydroxylation sites is 1. The van der Waals surface area contributed by atoms with Crippen LogP contribution in [0.1, 0.15) is 19.0 Å². The van der Waals surface area contributed by atoms with E-state index in [1.165, 1.54) is 11.3 Å². The summed E-state index contributed by atoms with van der Waals surface area (Å²) in [6.07, 6.45) is 0.654. The molecular formula is C14H16ClN3OS. The first-order valence-corrected chi connectivity index (χ1v) is 7.60. The standard InChI is InChI=1S/C14H16ClN3OS/c1-3-11(17-12-7-5-4-6-10(12)15)13(19)18-14-16-9(2)8-20-14/h4-8,11,17H,3H2,1-2H3,(H,16,18,19)/t11-/m1/s1. The second-order valence-electron chi connectivity index (χ2n) is 4.37. The van der Waals surface area contributed by atoms with Gasteiger partial charge in [0.05, 0.1) is 16.4 Å². The van der Waals surface area contributed by atoms with Gasteiger partial charge in [0.2, 0.25) is 5.91 Å². The Bertz CT molecular complexity index is 600. The summed E-state index contributed by atoms with van der Waals surface area (Å²) in [5, 5.41) is 9.09.